The molecule has 33 heavy (non-hydrogen) atoms. The summed E-state index contributed by atoms with van der Waals surface area (Å²) in [7, 11) is 0. The Morgan fingerprint density at radius 1 is 0.303 bits per heavy atom. The van der Waals surface area contributed by atoms with Gasteiger partial charge in [0.15, 0.2) is 34.5 Å². The lowest BCUT2D eigenvalue weighted by Gasteiger charge is -2.12. The van der Waals surface area contributed by atoms with Crippen molar-refractivity contribution >= 4 is 0 Å². The maximum atomic E-state index is 9.84. The largest absolute Gasteiger partial charge is 0.504 e. The van der Waals surface area contributed by atoms with Crippen LogP contribution in [0.15, 0.2) is 72.8 Å². The number of hydrogen-bond donors (Lipinski definition) is 6. The molecular formula is C27H24O6. The Labute approximate surface area is 190 Å². The molecule has 0 atom stereocenters. The highest BCUT2D eigenvalue weighted by molar-refractivity contribution is 5.46. The van der Waals surface area contributed by atoms with Crippen molar-refractivity contribution in [3.05, 3.63) is 106 Å². The molecule has 0 fully saturated rings. The quantitative estimate of drug-likeness (QED) is 0.240. The minimum Gasteiger partial charge on any atom is -0.504 e. The van der Waals surface area contributed by atoms with Crippen molar-refractivity contribution in [3.63, 3.8) is 0 Å². The average molecular weight is 444 g/mol. The number of aromatic hydroxyl groups is 6. The molecule has 0 radical (unpaired) electrons. The molecule has 0 unspecified atom stereocenters. The van der Waals surface area contributed by atoms with Gasteiger partial charge >= 0.3 is 0 Å². The molecular weight excluding hydrogens is 420 g/mol. The van der Waals surface area contributed by atoms with Crippen LogP contribution in [0.1, 0.15) is 33.4 Å². The van der Waals surface area contributed by atoms with Crippen molar-refractivity contribution in [1.29, 1.82) is 0 Å². The van der Waals surface area contributed by atoms with E-state index in [1.165, 1.54) is 36.4 Å². The molecule has 168 valence electrons. The number of benzene rings is 4. The normalized spacial score (nSPS) is 10.9. The van der Waals surface area contributed by atoms with Crippen molar-refractivity contribution in [3.8, 4) is 34.5 Å². The molecule has 4 aromatic carbocycles. The summed E-state index contributed by atoms with van der Waals surface area (Å²) in [4.78, 5) is 0. The van der Waals surface area contributed by atoms with Gasteiger partial charge in [0, 0.05) is 0 Å². The van der Waals surface area contributed by atoms with Crippen LogP contribution in [-0.2, 0) is 19.3 Å². The minimum absolute atomic E-state index is 0.174. The molecule has 6 heteroatoms. The predicted molar refractivity (Wildman–Crippen MR) is 124 cm³/mol. The SMILES string of the molecule is Oc1ccc(Cc2cc(Cc3ccc(O)c(O)c3)cc(Cc3ccc(O)c(O)c3)c2)cc1O. The first-order chi connectivity index (χ1) is 15.8. The first-order valence-corrected chi connectivity index (χ1v) is 10.4. The lowest BCUT2D eigenvalue weighted by atomic mass is 9.94. The van der Waals surface area contributed by atoms with Crippen molar-refractivity contribution in [1.82, 2.24) is 0 Å². The van der Waals surface area contributed by atoms with Crippen molar-refractivity contribution in [2.75, 3.05) is 0 Å². The Balaban J connectivity index is 1.68. The van der Waals surface area contributed by atoms with Gasteiger partial charge in [0.25, 0.3) is 0 Å². The zero-order valence-corrected chi connectivity index (χ0v) is 17.7. The van der Waals surface area contributed by atoms with Crippen LogP contribution in [-0.4, -0.2) is 30.6 Å². The second-order valence-corrected chi connectivity index (χ2v) is 8.16. The second kappa shape index (κ2) is 9.04. The van der Waals surface area contributed by atoms with E-state index in [1.807, 2.05) is 18.2 Å². The molecule has 0 amide bonds. The fraction of sp³-hybridized carbons (Fsp3) is 0.111. The van der Waals surface area contributed by atoms with E-state index in [4.69, 9.17) is 0 Å². The van der Waals surface area contributed by atoms with Gasteiger partial charge in [-0.05, 0) is 89.0 Å². The zero-order valence-electron chi connectivity index (χ0n) is 17.7. The Hall–Kier alpha value is -4.32. The molecule has 0 spiro atoms. The number of rotatable bonds is 6. The fourth-order valence-electron chi connectivity index (χ4n) is 3.89. The third-order valence-electron chi connectivity index (χ3n) is 5.46. The average Bonchev–Trinajstić information content (AvgIpc) is 2.76. The summed E-state index contributed by atoms with van der Waals surface area (Å²) in [6, 6.07) is 20.3. The van der Waals surface area contributed by atoms with Crippen LogP contribution in [0.25, 0.3) is 0 Å². The Kier molecular flexibility index (Phi) is 6.00. The summed E-state index contributed by atoms with van der Waals surface area (Å²) in [5.74, 6) is -1.05. The molecule has 4 aromatic rings. The lowest BCUT2D eigenvalue weighted by Crippen LogP contribution is -1.98. The van der Waals surface area contributed by atoms with Crippen LogP contribution in [0.3, 0.4) is 0 Å². The van der Waals surface area contributed by atoms with Crippen LogP contribution < -0.4 is 0 Å². The second-order valence-electron chi connectivity index (χ2n) is 8.16. The van der Waals surface area contributed by atoms with Crippen LogP contribution in [0.4, 0.5) is 0 Å². The van der Waals surface area contributed by atoms with E-state index in [9.17, 15) is 30.6 Å². The van der Waals surface area contributed by atoms with Gasteiger partial charge in [-0.3, -0.25) is 0 Å². The van der Waals surface area contributed by atoms with Crippen LogP contribution >= 0.6 is 0 Å². The molecule has 4 rings (SSSR count). The first-order valence-electron chi connectivity index (χ1n) is 10.4. The van der Waals surface area contributed by atoms with E-state index < -0.39 is 0 Å². The fourth-order valence-corrected chi connectivity index (χ4v) is 3.89. The third-order valence-corrected chi connectivity index (χ3v) is 5.46. The first kappa shape index (κ1) is 21.9. The summed E-state index contributed by atoms with van der Waals surface area (Å²) < 4.78 is 0. The molecule has 0 saturated carbocycles. The predicted octanol–water partition coefficient (Wildman–Crippen LogP) is 4.69. The summed E-state index contributed by atoms with van der Waals surface area (Å²) >= 11 is 0. The summed E-state index contributed by atoms with van der Waals surface area (Å²) in [5.41, 5.74) is 5.45. The van der Waals surface area contributed by atoms with Gasteiger partial charge in [0.05, 0.1) is 0 Å². The number of phenols is 6. The molecule has 6 nitrogen and oxygen atoms in total. The van der Waals surface area contributed by atoms with Gasteiger partial charge < -0.3 is 30.6 Å². The molecule has 6 N–H and O–H groups in total. The monoisotopic (exact) mass is 444 g/mol. The van der Waals surface area contributed by atoms with Gasteiger partial charge in [0.2, 0.25) is 0 Å². The summed E-state index contributed by atoms with van der Waals surface area (Å²) in [5, 5.41) is 58.3. The van der Waals surface area contributed by atoms with Gasteiger partial charge in [-0.2, -0.15) is 0 Å². The highest BCUT2D eigenvalue weighted by Crippen LogP contribution is 2.30. The summed E-state index contributed by atoms with van der Waals surface area (Å²) in [6.45, 7) is 0. The summed E-state index contributed by atoms with van der Waals surface area (Å²) in [6.07, 6.45) is 1.57. The number of hydrogen-bond acceptors (Lipinski definition) is 6. The van der Waals surface area contributed by atoms with E-state index in [1.54, 1.807) is 18.2 Å². The van der Waals surface area contributed by atoms with Gasteiger partial charge in [-0.15, -0.1) is 0 Å². The van der Waals surface area contributed by atoms with Crippen molar-refractivity contribution in [2.24, 2.45) is 0 Å². The maximum Gasteiger partial charge on any atom is 0.157 e. The maximum absolute atomic E-state index is 9.84. The standard InChI is InChI=1S/C27H24O6/c28-22-4-1-16(13-25(22)31)7-19-10-20(8-17-2-5-23(29)26(32)14-17)12-21(11-19)9-18-3-6-24(30)27(33)15-18/h1-6,10-15,28-33H,7-9H2. The lowest BCUT2D eigenvalue weighted by molar-refractivity contribution is 0.403. The highest BCUT2D eigenvalue weighted by Gasteiger charge is 2.09. The molecule has 0 bridgehead atoms. The molecule has 0 aromatic heterocycles. The van der Waals surface area contributed by atoms with E-state index in [0.29, 0.717) is 19.3 Å². The minimum atomic E-state index is -0.178. The van der Waals surface area contributed by atoms with E-state index in [2.05, 4.69) is 0 Å². The Bertz CT molecular complexity index is 1140. The molecule has 0 aliphatic carbocycles. The topological polar surface area (TPSA) is 121 Å². The molecule has 0 heterocycles. The van der Waals surface area contributed by atoms with Gasteiger partial charge in [-0.1, -0.05) is 36.4 Å². The van der Waals surface area contributed by atoms with Crippen molar-refractivity contribution in [2.45, 2.75) is 19.3 Å². The number of phenolic OH excluding ortho intramolecular Hbond substituents is 6. The van der Waals surface area contributed by atoms with Crippen molar-refractivity contribution < 1.29 is 30.6 Å². The van der Waals surface area contributed by atoms with E-state index in [-0.39, 0.29) is 34.5 Å². The smallest absolute Gasteiger partial charge is 0.157 e. The van der Waals surface area contributed by atoms with E-state index in [0.717, 1.165) is 33.4 Å². The zero-order chi connectivity index (χ0) is 23.5. The van der Waals surface area contributed by atoms with Crippen LogP contribution in [0.5, 0.6) is 34.5 Å². The molecule has 0 saturated heterocycles. The Morgan fingerprint density at radius 3 is 0.818 bits per heavy atom. The Morgan fingerprint density at radius 2 is 0.576 bits per heavy atom. The molecule has 0 aliphatic heterocycles. The van der Waals surface area contributed by atoms with Gasteiger partial charge in [-0.25, -0.2) is 0 Å². The highest BCUT2D eigenvalue weighted by atomic mass is 16.3. The van der Waals surface area contributed by atoms with Crippen LogP contribution in [0.2, 0.25) is 0 Å². The van der Waals surface area contributed by atoms with E-state index >= 15 is 0 Å². The molecule has 0 aliphatic rings. The van der Waals surface area contributed by atoms with Gasteiger partial charge in [0.1, 0.15) is 0 Å². The third kappa shape index (κ3) is 5.30. The van der Waals surface area contributed by atoms with Crippen LogP contribution in [0, 0.1) is 0 Å².